The number of carbonyl (C=O) groups excluding carboxylic acids is 2. The Balaban J connectivity index is 1.55. The maximum atomic E-state index is 12.9. The van der Waals surface area contributed by atoms with Crippen LogP contribution in [0.15, 0.2) is 41.0 Å². The van der Waals surface area contributed by atoms with Crippen molar-refractivity contribution in [1.29, 1.82) is 0 Å². The van der Waals surface area contributed by atoms with Crippen molar-refractivity contribution < 1.29 is 14.3 Å². The first kappa shape index (κ1) is 23.4. The number of halogens is 1. The molecule has 0 saturated carbocycles. The van der Waals surface area contributed by atoms with E-state index in [2.05, 4.69) is 38.1 Å². The maximum absolute atomic E-state index is 12.9. The quantitative estimate of drug-likeness (QED) is 0.553. The molecule has 0 unspecified atom stereocenters. The molecule has 31 heavy (non-hydrogen) atoms. The van der Waals surface area contributed by atoms with Gasteiger partial charge in [-0.05, 0) is 52.0 Å². The van der Waals surface area contributed by atoms with Gasteiger partial charge in [0.05, 0.1) is 18.2 Å². The molecule has 1 aromatic heterocycles. The van der Waals surface area contributed by atoms with E-state index in [0.717, 1.165) is 21.8 Å². The number of anilines is 1. The Morgan fingerprint density at radius 3 is 2.61 bits per heavy atom. The molecule has 1 N–H and O–H groups in total. The van der Waals surface area contributed by atoms with Gasteiger partial charge in [0.15, 0.2) is 0 Å². The number of methoxy groups -OCH3 is 1. The van der Waals surface area contributed by atoms with Crippen molar-refractivity contribution in [3.63, 3.8) is 0 Å². The highest BCUT2D eigenvalue weighted by Gasteiger charge is 2.24. The average Bonchev–Trinajstić information content (AvgIpc) is 2.82. The van der Waals surface area contributed by atoms with Gasteiger partial charge >= 0.3 is 0 Å². The minimum atomic E-state index is -0.102. The zero-order chi connectivity index (χ0) is 22.2. The highest BCUT2D eigenvalue weighted by molar-refractivity contribution is 9.10. The van der Waals surface area contributed by atoms with E-state index in [1.807, 2.05) is 23.1 Å². The van der Waals surface area contributed by atoms with Gasteiger partial charge in [-0.25, -0.2) is 4.98 Å². The van der Waals surface area contributed by atoms with Crippen LogP contribution in [0, 0.1) is 0 Å². The fraction of sp³-hybridized carbons (Fsp3) is 0.409. The topological polar surface area (TPSA) is 74.8 Å². The number of hydrogen-bond donors (Lipinski definition) is 1. The Morgan fingerprint density at radius 1 is 1.19 bits per heavy atom. The van der Waals surface area contributed by atoms with Crippen molar-refractivity contribution in [2.24, 2.45) is 0 Å². The van der Waals surface area contributed by atoms with E-state index < -0.39 is 0 Å². The minimum Gasteiger partial charge on any atom is -0.497 e. The fourth-order valence-electron chi connectivity index (χ4n) is 3.29. The molecular formula is C22H27BrN4O3S. The van der Waals surface area contributed by atoms with Gasteiger partial charge < -0.3 is 19.9 Å². The number of rotatable bonds is 8. The van der Waals surface area contributed by atoms with Gasteiger partial charge in [0.2, 0.25) is 0 Å². The molecule has 3 rings (SSSR count). The molecule has 166 valence electrons. The molecule has 1 aliphatic rings. The van der Waals surface area contributed by atoms with Crippen LogP contribution in [0.5, 0.6) is 5.75 Å². The highest BCUT2D eigenvalue weighted by Crippen LogP contribution is 2.25. The zero-order valence-electron chi connectivity index (χ0n) is 17.8. The number of benzene rings is 1. The van der Waals surface area contributed by atoms with Gasteiger partial charge in [-0.1, -0.05) is 6.92 Å². The second-order valence-corrected chi connectivity index (χ2v) is 9.23. The molecule has 2 aromatic rings. The largest absolute Gasteiger partial charge is 0.497 e. The van der Waals surface area contributed by atoms with Crippen LogP contribution in [0.25, 0.3) is 0 Å². The Bertz CT molecular complexity index is 902. The molecule has 0 bridgehead atoms. The number of amides is 2. The van der Waals surface area contributed by atoms with Crippen molar-refractivity contribution >= 4 is 45.3 Å². The number of hydrogen-bond acceptors (Lipinski definition) is 6. The summed E-state index contributed by atoms with van der Waals surface area (Å²) < 4.78 is 6.00. The number of thioether (sulfide) groups is 1. The van der Waals surface area contributed by atoms with Crippen LogP contribution in [0.2, 0.25) is 0 Å². The lowest BCUT2D eigenvalue weighted by atomic mass is 10.1. The molecule has 2 heterocycles. The Kier molecular flexibility index (Phi) is 8.60. The molecule has 0 spiro atoms. The minimum absolute atomic E-state index is 0.0216. The maximum Gasteiger partial charge on any atom is 0.255 e. The number of piperazine rings is 1. The van der Waals surface area contributed by atoms with E-state index in [9.17, 15) is 9.59 Å². The smallest absolute Gasteiger partial charge is 0.255 e. The SMILES string of the molecule is CCSCCNC(=O)c1ccc(N2CCN(C(=O)c3cc(OC)ccc3Br)CC2)nc1. The van der Waals surface area contributed by atoms with Crippen molar-refractivity contribution in [3.8, 4) is 5.75 Å². The normalized spacial score (nSPS) is 13.8. The van der Waals surface area contributed by atoms with Gasteiger partial charge in [-0.15, -0.1) is 0 Å². The summed E-state index contributed by atoms with van der Waals surface area (Å²) in [5.74, 6) is 3.29. The Morgan fingerprint density at radius 2 is 1.97 bits per heavy atom. The van der Waals surface area contributed by atoms with Crippen LogP contribution in [0.4, 0.5) is 5.82 Å². The standard InChI is InChI=1S/C22H27BrN4O3S/c1-3-31-13-8-24-21(28)16-4-7-20(25-15-16)26-9-11-27(12-10-26)22(29)18-14-17(30-2)5-6-19(18)23/h4-7,14-15H,3,8-13H2,1-2H3,(H,24,28). The van der Waals surface area contributed by atoms with Gasteiger partial charge in [-0.3, -0.25) is 9.59 Å². The lowest BCUT2D eigenvalue weighted by Crippen LogP contribution is -2.49. The first-order valence-electron chi connectivity index (χ1n) is 10.2. The average molecular weight is 507 g/mol. The molecule has 9 heteroatoms. The third kappa shape index (κ3) is 6.13. The van der Waals surface area contributed by atoms with Crippen LogP contribution in [0.3, 0.4) is 0 Å². The zero-order valence-corrected chi connectivity index (χ0v) is 20.2. The number of carbonyl (C=O) groups is 2. The second kappa shape index (κ2) is 11.4. The van der Waals surface area contributed by atoms with Gasteiger partial charge in [0.25, 0.3) is 11.8 Å². The van der Waals surface area contributed by atoms with Crippen molar-refractivity contribution in [2.75, 3.05) is 56.2 Å². The molecule has 1 aromatic carbocycles. The molecule has 1 fully saturated rings. The molecule has 7 nitrogen and oxygen atoms in total. The molecule has 0 aliphatic carbocycles. The second-order valence-electron chi connectivity index (χ2n) is 6.98. The number of nitrogens with one attached hydrogen (secondary N) is 1. The van der Waals surface area contributed by atoms with Crippen LogP contribution in [-0.2, 0) is 0 Å². The lowest BCUT2D eigenvalue weighted by Gasteiger charge is -2.35. The third-order valence-electron chi connectivity index (χ3n) is 5.04. The molecule has 0 radical (unpaired) electrons. The number of nitrogens with zero attached hydrogens (tertiary/aromatic N) is 3. The molecule has 1 saturated heterocycles. The van der Waals surface area contributed by atoms with Crippen molar-refractivity contribution in [2.45, 2.75) is 6.92 Å². The summed E-state index contributed by atoms with van der Waals surface area (Å²) in [5, 5.41) is 2.91. The van der Waals surface area contributed by atoms with E-state index in [1.54, 1.807) is 37.2 Å². The summed E-state index contributed by atoms with van der Waals surface area (Å²) >= 11 is 5.26. The van der Waals surface area contributed by atoms with Crippen molar-refractivity contribution in [1.82, 2.24) is 15.2 Å². The summed E-state index contributed by atoms with van der Waals surface area (Å²) in [6.07, 6.45) is 1.61. The number of pyridine rings is 1. The predicted molar refractivity (Wildman–Crippen MR) is 128 cm³/mol. The first-order valence-corrected chi connectivity index (χ1v) is 12.2. The Hall–Kier alpha value is -2.26. The summed E-state index contributed by atoms with van der Waals surface area (Å²) in [7, 11) is 1.59. The van der Waals surface area contributed by atoms with E-state index in [0.29, 0.717) is 49.6 Å². The highest BCUT2D eigenvalue weighted by atomic mass is 79.9. The number of aromatic nitrogens is 1. The molecule has 1 aliphatic heterocycles. The predicted octanol–water partition coefficient (Wildman–Crippen LogP) is 3.30. The lowest BCUT2D eigenvalue weighted by molar-refractivity contribution is 0.0745. The van der Waals surface area contributed by atoms with Crippen LogP contribution < -0.4 is 15.0 Å². The van der Waals surface area contributed by atoms with Gasteiger partial charge in [0.1, 0.15) is 11.6 Å². The van der Waals surface area contributed by atoms with Crippen LogP contribution in [-0.4, -0.2) is 73.0 Å². The van der Waals surface area contributed by atoms with E-state index in [-0.39, 0.29) is 11.8 Å². The fourth-order valence-corrected chi connectivity index (χ4v) is 4.25. The summed E-state index contributed by atoms with van der Waals surface area (Å²) in [6, 6.07) is 9.07. The van der Waals surface area contributed by atoms with E-state index in [1.165, 1.54) is 0 Å². The Labute approximate surface area is 195 Å². The van der Waals surface area contributed by atoms with Crippen molar-refractivity contribution in [3.05, 3.63) is 52.1 Å². The third-order valence-corrected chi connectivity index (χ3v) is 6.63. The monoisotopic (exact) mass is 506 g/mol. The summed E-state index contributed by atoms with van der Waals surface area (Å²) in [5.41, 5.74) is 1.15. The molecule has 2 amide bonds. The first-order chi connectivity index (χ1) is 15.0. The number of ether oxygens (including phenoxy) is 1. The van der Waals surface area contributed by atoms with E-state index in [4.69, 9.17) is 4.74 Å². The molecular weight excluding hydrogens is 480 g/mol. The van der Waals surface area contributed by atoms with Gasteiger partial charge in [0, 0.05) is 49.1 Å². The van der Waals surface area contributed by atoms with Crippen LogP contribution in [0.1, 0.15) is 27.6 Å². The summed E-state index contributed by atoms with van der Waals surface area (Å²) in [6.45, 7) is 5.31. The van der Waals surface area contributed by atoms with Crippen LogP contribution >= 0.6 is 27.7 Å². The van der Waals surface area contributed by atoms with Gasteiger partial charge in [-0.2, -0.15) is 11.8 Å². The van der Waals surface area contributed by atoms with E-state index >= 15 is 0 Å². The summed E-state index contributed by atoms with van der Waals surface area (Å²) in [4.78, 5) is 33.6. The molecule has 0 atom stereocenters.